The summed E-state index contributed by atoms with van der Waals surface area (Å²) in [4.78, 5) is 0. The molecule has 2 heteroatoms. The third kappa shape index (κ3) is 12.0. The van der Waals surface area contributed by atoms with Crippen molar-refractivity contribution in [2.75, 3.05) is 0 Å². The highest BCUT2D eigenvalue weighted by atomic mass is 15.2. The summed E-state index contributed by atoms with van der Waals surface area (Å²) in [5, 5.41) is 0. The maximum absolute atomic E-state index is 12.7. The number of benzene rings is 2. The van der Waals surface area contributed by atoms with Crippen molar-refractivity contribution in [3.63, 3.8) is 0 Å². The average Bonchev–Trinajstić information content (AvgIpc) is 3.42. The van der Waals surface area contributed by atoms with Crippen LogP contribution in [0.5, 0.6) is 0 Å². The van der Waals surface area contributed by atoms with Crippen molar-refractivity contribution in [3.05, 3.63) is 85.5 Å². The van der Waals surface area contributed by atoms with Gasteiger partial charge in [0.2, 0.25) is 11.4 Å². The van der Waals surface area contributed by atoms with Crippen molar-refractivity contribution in [1.82, 2.24) is 0 Å². The first-order chi connectivity index (χ1) is 24.9. The van der Waals surface area contributed by atoms with E-state index in [1.165, 1.54) is 166 Å². The monoisotopic (exact) mass is 695 g/mol. The molecule has 1 aliphatic rings. The summed E-state index contributed by atoms with van der Waals surface area (Å²) < 4.78 is 1.69. The first-order valence-electron chi connectivity index (χ1n) is 22.2. The van der Waals surface area contributed by atoms with Crippen LogP contribution in [-0.2, 0) is 38.5 Å². The zero-order chi connectivity index (χ0) is 37.0. The highest BCUT2D eigenvalue weighted by Gasteiger charge is 2.36. The fourth-order valence-corrected chi connectivity index (χ4v) is 8.58. The second-order valence-corrected chi connectivity index (χ2v) is 15.6. The predicted octanol–water partition coefficient (Wildman–Crippen LogP) is 15.7. The molecular formula is C49H78N2. The predicted molar refractivity (Wildman–Crippen MR) is 226 cm³/mol. The minimum absolute atomic E-state index is 1.03. The molecule has 0 N–H and O–H groups in total. The van der Waals surface area contributed by atoms with Crippen molar-refractivity contribution in [2.45, 2.75) is 216 Å². The van der Waals surface area contributed by atoms with Gasteiger partial charge < -0.3 is 5.53 Å². The van der Waals surface area contributed by atoms with Crippen LogP contribution in [0.1, 0.15) is 222 Å². The minimum atomic E-state index is 1.03. The third-order valence-corrected chi connectivity index (χ3v) is 11.6. The van der Waals surface area contributed by atoms with Gasteiger partial charge in [0.25, 0.3) is 0 Å². The van der Waals surface area contributed by atoms with Crippen molar-refractivity contribution in [1.29, 1.82) is 0 Å². The summed E-state index contributed by atoms with van der Waals surface area (Å²) in [5.74, 6) is 0. The van der Waals surface area contributed by atoms with E-state index >= 15 is 0 Å². The van der Waals surface area contributed by atoms with Crippen LogP contribution in [0.3, 0.4) is 0 Å². The largest absolute Gasteiger partial charge is 0.493 e. The molecule has 3 rings (SSSR count). The van der Waals surface area contributed by atoms with E-state index in [2.05, 4.69) is 79.7 Å². The molecule has 0 amide bonds. The fourth-order valence-electron chi connectivity index (χ4n) is 8.58. The van der Waals surface area contributed by atoms with E-state index in [9.17, 15) is 5.53 Å². The molecule has 0 aromatic heterocycles. The summed E-state index contributed by atoms with van der Waals surface area (Å²) in [6.45, 7) is 18.5. The molecular weight excluding hydrogens is 617 g/mol. The van der Waals surface area contributed by atoms with Gasteiger partial charge in [-0.2, -0.15) is 0 Å². The summed E-state index contributed by atoms with van der Waals surface area (Å²) in [5.41, 5.74) is 29.3. The van der Waals surface area contributed by atoms with Gasteiger partial charge >= 0.3 is 0 Å². The van der Waals surface area contributed by atoms with Crippen LogP contribution in [0.15, 0.2) is 35.4 Å². The summed E-state index contributed by atoms with van der Waals surface area (Å²) in [6, 6.07) is 9.90. The van der Waals surface area contributed by atoms with E-state index in [1.54, 1.807) is 10.3 Å². The van der Waals surface area contributed by atoms with E-state index in [-0.39, 0.29) is 0 Å². The standard InChI is InChI=1S/C49H78N2/c1-9-17-22-23-24-25-26-28-33-47-46(32-27-18-10-2)48(42-34-38(14-6)44(16-8)39(15-7)35-42)51(50)49(47)43-36-40(29-19-11-3)45(31-21-13-5)41(37-43)30-20-12-4/h34-37H,9-33H2,1-8H3. The molecule has 0 spiro atoms. The van der Waals surface area contributed by atoms with E-state index in [1.807, 2.05) is 0 Å². The van der Waals surface area contributed by atoms with E-state index < -0.39 is 0 Å². The van der Waals surface area contributed by atoms with Crippen LogP contribution in [0.4, 0.5) is 0 Å². The van der Waals surface area contributed by atoms with Crippen molar-refractivity contribution >= 4 is 11.4 Å². The van der Waals surface area contributed by atoms with E-state index in [0.29, 0.717) is 0 Å². The van der Waals surface area contributed by atoms with Gasteiger partial charge in [0.05, 0.1) is 0 Å². The molecule has 51 heavy (non-hydrogen) atoms. The van der Waals surface area contributed by atoms with Crippen LogP contribution < -0.4 is 0 Å². The minimum Gasteiger partial charge on any atom is -0.493 e. The molecule has 1 aliphatic heterocycles. The maximum Gasteiger partial charge on any atom is 0.211 e. The quantitative estimate of drug-likeness (QED) is 0.0657. The first-order valence-corrected chi connectivity index (χ1v) is 22.2. The first kappa shape index (κ1) is 42.9. The lowest BCUT2D eigenvalue weighted by molar-refractivity contribution is -0.345. The van der Waals surface area contributed by atoms with E-state index in [4.69, 9.17) is 0 Å². The third-order valence-electron chi connectivity index (χ3n) is 11.6. The van der Waals surface area contributed by atoms with Crippen LogP contribution in [0, 0.1) is 0 Å². The van der Waals surface area contributed by atoms with Crippen LogP contribution in [0.2, 0.25) is 0 Å². The van der Waals surface area contributed by atoms with Gasteiger partial charge in [-0.3, -0.25) is 0 Å². The maximum atomic E-state index is 12.7. The Morgan fingerprint density at radius 2 is 0.745 bits per heavy atom. The molecule has 0 unspecified atom stereocenters. The number of allylic oxidation sites excluding steroid dienone is 2. The Hall–Kier alpha value is -2.48. The second kappa shape index (κ2) is 24.0. The van der Waals surface area contributed by atoms with Gasteiger partial charge in [0.1, 0.15) is 0 Å². The van der Waals surface area contributed by atoms with Gasteiger partial charge in [0, 0.05) is 22.3 Å². The number of rotatable bonds is 27. The highest BCUT2D eigenvalue weighted by Crippen LogP contribution is 2.46. The molecule has 284 valence electrons. The molecule has 0 bridgehead atoms. The highest BCUT2D eigenvalue weighted by molar-refractivity contribution is 5.83. The zero-order valence-corrected chi connectivity index (χ0v) is 34.9. The van der Waals surface area contributed by atoms with Crippen LogP contribution in [-0.4, -0.2) is 4.70 Å². The zero-order valence-electron chi connectivity index (χ0n) is 34.9. The molecule has 0 aliphatic carbocycles. The Bertz CT molecular complexity index is 1370. The number of aryl methyl sites for hydroxylation is 4. The second-order valence-electron chi connectivity index (χ2n) is 15.6. The number of hydrogen-bond donors (Lipinski definition) is 0. The molecule has 0 radical (unpaired) electrons. The number of unbranched alkanes of at least 4 members (excludes halogenated alkanes) is 12. The van der Waals surface area contributed by atoms with Crippen molar-refractivity contribution in [3.8, 4) is 0 Å². The molecule has 0 atom stereocenters. The molecule has 2 nitrogen and oxygen atoms in total. The van der Waals surface area contributed by atoms with Gasteiger partial charge in [-0.05, 0) is 141 Å². The molecule has 1 heterocycles. The lowest BCUT2D eigenvalue weighted by atomic mass is 9.86. The van der Waals surface area contributed by atoms with Gasteiger partial charge in [0.15, 0.2) is 0 Å². The van der Waals surface area contributed by atoms with Gasteiger partial charge in [-0.15, -0.1) is 0 Å². The molecule has 0 saturated carbocycles. The average molecular weight is 695 g/mol. The van der Waals surface area contributed by atoms with Gasteiger partial charge in [-0.1, -0.05) is 132 Å². The Kier molecular flexibility index (Phi) is 20.2. The Morgan fingerprint density at radius 3 is 1.18 bits per heavy atom. The van der Waals surface area contributed by atoms with Crippen molar-refractivity contribution < 1.29 is 4.70 Å². The summed E-state index contributed by atoms with van der Waals surface area (Å²) in [6.07, 6.45) is 30.2. The topological polar surface area (TPSA) is 25.3 Å². The Morgan fingerprint density at radius 1 is 0.373 bits per heavy atom. The fraction of sp³-hybridized carbons (Fsp3) is 0.673. The smallest absolute Gasteiger partial charge is 0.211 e. The normalized spacial score (nSPS) is 13.4. The molecule has 2 aromatic carbocycles. The van der Waals surface area contributed by atoms with Crippen LogP contribution >= 0.6 is 0 Å². The molecule has 2 aromatic rings. The summed E-state index contributed by atoms with van der Waals surface area (Å²) >= 11 is 0. The lowest BCUT2D eigenvalue weighted by Crippen LogP contribution is -2.08. The number of hydrogen-bond acceptors (Lipinski definition) is 0. The summed E-state index contributed by atoms with van der Waals surface area (Å²) in [7, 11) is 0. The van der Waals surface area contributed by atoms with E-state index in [0.717, 1.165) is 56.3 Å². The Balaban J connectivity index is 2.25. The Labute approximate surface area is 316 Å². The van der Waals surface area contributed by atoms with Crippen molar-refractivity contribution in [2.24, 2.45) is 0 Å². The SMILES string of the molecule is CCCCCCCCCCC1=C(c2cc(CCCC)c(CCCC)c(CCCC)c2)[N+](=[N-])C(c2cc(CC)c(CC)c(CC)c2)=C1CCCCC. The lowest BCUT2D eigenvalue weighted by Gasteiger charge is -2.19. The number of nitrogens with zero attached hydrogens (tertiary/aromatic N) is 2. The molecule has 0 saturated heterocycles. The van der Waals surface area contributed by atoms with Gasteiger partial charge in [-0.25, -0.2) is 4.70 Å². The molecule has 0 fully saturated rings. The van der Waals surface area contributed by atoms with Crippen LogP contribution in [0.25, 0.3) is 16.9 Å².